The Balaban J connectivity index is 2.66. The zero-order valence-electron chi connectivity index (χ0n) is 7.49. The van der Waals surface area contributed by atoms with Crippen LogP contribution in [0.25, 0.3) is 0 Å². The Morgan fingerprint density at radius 1 is 1.50 bits per heavy atom. The molecule has 5 heteroatoms. The molecular formula is C9H8ClN3O. The van der Waals surface area contributed by atoms with Crippen LogP contribution in [-0.4, -0.2) is 12.3 Å². The second kappa shape index (κ2) is 5.10. The van der Waals surface area contributed by atoms with Gasteiger partial charge in [0.15, 0.2) is 0 Å². The molecule has 0 heterocycles. The van der Waals surface area contributed by atoms with Gasteiger partial charge < -0.3 is 4.74 Å². The number of nitrogens with zero attached hydrogens (tertiary/aromatic N) is 2. The van der Waals surface area contributed by atoms with E-state index in [0.29, 0.717) is 0 Å². The first-order valence-corrected chi connectivity index (χ1v) is 4.17. The van der Waals surface area contributed by atoms with E-state index in [1.807, 2.05) is 0 Å². The first-order valence-electron chi connectivity index (χ1n) is 3.79. The van der Waals surface area contributed by atoms with Crippen molar-refractivity contribution in [3.05, 3.63) is 24.3 Å². The summed E-state index contributed by atoms with van der Waals surface area (Å²) in [4.78, 5) is 0. The largest absolute Gasteiger partial charge is 0.497 e. The predicted molar refractivity (Wildman–Crippen MR) is 55.5 cm³/mol. The molecule has 0 aromatic heterocycles. The van der Waals surface area contributed by atoms with Crippen LogP contribution >= 0.6 is 11.6 Å². The summed E-state index contributed by atoms with van der Waals surface area (Å²) in [6.45, 7) is 0. The molecule has 1 aromatic rings. The Kier molecular flexibility index (Phi) is 3.77. The molecule has 0 aliphatic carbocycles. The van der Waals surface area contributed by atoms with Crippen molar-refractivity contribution in [1.29, 1.82) is 5.26 Å². The summed E-state index contributed by atoms with van der Waals surface area (Å²) < 4.78 is 4.97. The maximum absolute atomic E-state index is 8.32. The lowest BCUT2D eigenvalue weighted by Crippen LogP contribution is -1.92. The highest BCUT2D eigenvalue weighted by Gasteiger charge is 1.93. The van der Waals surface area contributed by atoms with Crippen molar-refractivity contribution < 1.29 is 4.74 Å². The van der Waals surface area contributed by atoms with E-state index in [1.165, 1.54) is 0 Å². The average molecular weight is 210 g/mol. The van der Waals surface area contributed by atoms with Crippen molar-refractivity contribution in [2.45, 2.75) is 0 Å². The summed E-state index contributed by atoms with van der Waals surface area (Å²) >= 11 is 5.38. The van der Waals surface area contributed by atoms with E-state index >= 15 is 0 Å². The quantitative estimate of drug-likeness (QED) is 0.613. The minimum atomic E-state index is -0.138. The van der Waals surface area contributed by atoms with Crippen LogP contribution in [0.5, 0.6) is 5.75 Å². The molecule has 0 aliphatic rings. The van der Waals surface area contributed by atoms with Gasteiger partial charge in [-0.1, -0.05) is 0 Å². The molecule has 0 unspecified atom stereocenters. The van der Waals surface area contributed by atoms with E-state index in [0.717, 1.165) is 11.4 Å². The lowest BCUT2D eigenvalue weighted by molar-refractivity contribution is 0.415. The summed E-state index contributed by atoms with van der Waals surface area (Å²) in [6.07, 6.45) is 0. The number of rotatable bonds is 3. The second-order valence-electron chi connectivity index (χ2n) is 2.35. The van der Waals surface area contributed by atoms with Crippen molar-refractivity contribution in [2.24, 2.45) is 5.10 Å². The number of ether oxygens (including phenoxy) is 1. The highest BCUT2D eigenvalue weighted by Crippen LogP contribution is 2.14. The fourth-order valence-corrected chi connectivity index (χ4v) is 0.846. The highest BCUT2D eigenvalue weighted by molar-refractivity contribution is 6.69. The second-order valence-corrected chi connectivity index (χ2v) is 2.71. The molecule has 0 spiro atoms. The Bertz CT molecular complexity index is 367. The molecule has 0 saturated carbocycles. The smallest absolute Gasteiger partial charge is 0.226 e. The van der Waals surface area contributed by atoms with Crippen LogP contribution in [-0.2, 0) is 0 Å². The van der Waals surface area contributed by atoms with Crippen molar-refractivity contribution in [3.63, 3.8) is 0 Å². The maximum Gasteiger partial charge on any atom is 0.226 e. The third kappa shape index (κ3) is 2.96. The lowest BCUT2D eigenvalue weighted by atomic mass is 10.3. The van der Waals surface area contributed by atoms with Gasteiger partial charge >= 0.3 is 0 Å². The maximum atomic E-state index is 8.32. The van der Waals surface area contributed by atoms with Gasteiger partial charge in [0.1, 0.15) is 11.8 Å². The molecule has 0 amide bonds. The van der Waals surface area contributed by atoms with Crippen LogP contribution < -0.4 is 10.2 Å². The standard InChI is InChI=1S/C9H8ClN3O/c1-14-8-4-2-7(3-5-8)12-13-9(10)6-11/h2-5,12H,1H3/b13-9+. The summed E-state index contributed by atoms with van der Waals surface area (Å²) in [5.74, 6) is 0.755. The monoisotopic (exact) mass is 209 g/mol. The molecule has 14 heavy (non-hydrogen) atoms. The normalized spacial score (nSPS) is 10.5. The Hall–Kier alpha value is -1.73. The number of nitriles is 1. The van der Waals surface area contributed by atoms with E-state index in [4.69, 9.17) is 21.6 Å². The average Bonchev–Trinajstić information content (AvgIpc) is 2.26. The van der Waals surface area contributed by atoms with Gasteiger partial charge in [-0.25, -0.2) is 0 Å². The number of anilines is 1. The van der Waals surface area contributed by atoms with Gasteiger partial charge in [-0.15, -0.1) is 0 Å². The lowest BCUT2D eigenvalue weighted by Gasteiger charge is -2.01. The third-order valence-electron chi connectivity index (χ3n) is 1.47. The van der Waals surface area contributed by atoms with E-state index < -0.39 is 0 Å². The summed E-state index contributed by atoms with van der Waals surface area (Å²) in [5.41, 5.74) is 3.36. The minimum absolute atomic E-state index is 0.138. The molecular weight excluding hydrogens is 202 g/mol. The van der Waals surface area contributed by atoms with Crippen molar-refractivity contribution in [1.82, 2.24) is 0 Å². The van der Waals surface area contributed by atoms with Gasteiger partial charge in [0.25, 0.3) is 0 Å². The van der Waals surface area contributed by atoms with E-state index in [9.17, 15) is 0 Å². The van der Waals surface area contributed by atoms with Gasteiger partial charge in [-0.3, -0.25) is 5.43 Å². The molecule has 1 rings (SSSR count). The van der Waals surface area contributed by atoms with Crippen LogP contribution in [0.15, 0.2) is 29.4 Å². The van der Waals surface area contributed by atoms with E-state index in [-0.39, 0.29) is 5.17 Å². The van der Waals surface area contributed by atoms with Crippen LogP contribution in [0, 0.1) is 11.3 Å². The Morgan fingerprint density at radius 2 is 2.14 bits per heavy atom. The minimum Gasteiger partial charge on any atom is -0.497 e. The highest BCUT2D eigenvalue weighted by atomic mass is 35.5. The van der Waals surface area contributed by atoms with Gasteiger partial charge in [0.05, 0.1) is 12.8 Å². The van der Waals surface area contributed by atoms with E-state index in [1.54, 1.807) is 37.4 Å². The number of nitrogens with one attached hydrogen (secondary N) is 1. The number of benzene rings is 1. The first-order chi connectivity index (χ1) is 6.76. The molecule has 1 aromatic carbocycles. The molecule has 0 saturated heterocycles. The Labute approximate surface area is 86.8 Å². The van der Waals surface area contributed by atoms with Crippen molar-refractivity contribution >= 4 is 22.5 Å². The molecule has 0 aliphatic heterocycles. The Morgan fingerprint density at radius 3 is 2.64 bits per heavy atom. The number of hydrogen-bond acceptors (Lipinski definition) is 4. The third-order valence-corrected chi connectivity index (χ3v) is 1.63. The molecule has 0 atom stereocenters. The number of hydrogen-bond donors (Lipinski definition) is 1. The fraction of sp³-hybridized carbons (Fsp3) is 0.111. The van der Waals surface area contributed by atoms with Gasteiger partial charge in [0, 0.05) is 0 Å². The van der Waals surface area contributed by atoms with Gasteiger partial charge in [-0.2, -0.15) is 10.4 Å². The van der Waals surface area contributed by atoms with Gasteiger partial charge in [-0.05, 0) is 35.9 Å². The van der Waals surface area contributed by atoms with Crippen LogP contribution in [0.1, 0.15) is 0 Å². The molecule has 1 N–H and O–H groups in total. The van der Waals surface area contributed by atoms with Crippen LogP contribution in [0.3, 0.4) is 0 Å². The van der Waals surface area contributed by atoms with Crippen LogP contribution in [0.4, 0.5) is 5.69 Å². The molecule has 4 nitrogen and oxygen atoms in total. The molecule has 0 radical (unpaired) electrons. The summed E-state index contributed by atoms with van der Waals surface area (Å²) in [5, 5.41) is 11.8. The molecule has 0 bridgehead atoms. The number of hydrazone groups is 1. The molecule has 0 fully saturated rings. The fourth-order valence-electron chi connectivity index (χ4n) is 0.804. The van der Waals surface area contributed by atoms with Crippen LogP contribution in [0.2, 0.25) is 0 Å². The van der Waals surface area contributed by atoms with Crippen molar-refractivity contribution in [3.8, 4) is 11.8 Å². The topological polar surface area (TPSA) is 57.4 Å². The molecule has 72 valence electrons. The number of methoxy groups -OCH3 is 1. The summed E-state index contributed by atoms with van der Waals surface area (Å²) in [6, 6.07) is 8.77. The predicted octanol–water partition coefficient (Wildman–Crippen LogP) is 2.18. The van der Waals surface area contributed by atoms with Crippen molar-refractivity contribution in [2.75, 3.05) is 12.5 Å². The zero-order chi connectivity index (χ0) is 10.4. The number of halogens is 1. The van der Waals surface area contributed by atoms with Gasteiger partial charge in [0.2, 0.25) is 5.17 Å². The summed E-state index contributed by atoms with van der Waals surface area (Å²) in [7, 11) is 1.59. The SMILES string of the molecule is COc1ccc(N/N=C(/Cl)C#N)cc1. The zero-order valence-corrected chi connectivity index (χ0v) is 8.25. The first kappa shape index (κ1) is 10.4. The van der Waals surface area contributed by atoms with E-state index in [2.05, 4.69) is 10.5 Å².